The van der Waals surface area contributed by atoms with Gasteiger partial charge in [0.15, 0.2) is 6.20 Å². The predicted molar refractivity (Wildman–Crippen MR) is 61.1 cm³/mol. The zero-order chi connectivity index (χ0) is 11.4. The molecule has 0 spiro atoms. The molecule has 0 atom stereocenters. The average molecular weight is 241 g/mol. The Morgan fingerprint density at radius 1 is 1.50 bits per heavy atom. The maximum Gasteiger partial charge on any atom is 0.288 e. The number of rotatable bonds is 4. The van der Waals surface area contributed by atoms with Crippen LogP contribution in [0.3, 0.4) is 0 Å². The Labute approximate surface area is 99.1 Å². The first-order valence-corrected chi connectivity index (χ1v) is 6.53. The molecule has 4 nitrogen and oxygen atoms in total. The second kappa shape index (κ2) is 5.41. The molecule has 1 aromatic rings. The summed E-state index contributed by atoms with van der Waals surface area (Å²) in [6.45, 7) is 2.36. The van der Waals surface area contributed by atoms with Crippen LogP contribution in [0.5, 0.6) is 0 Å². The van der Waals surface area contributed by atoms with Crippen LogP contribution in [0.25, 0.3) is 0 Å². The van der Waals surface area contributed by atoms with Crippen molar-refractivity contribution in [1.29, 1.82) is 0 Å². The quantitative estimate of drug-likeness (QED) is 0.765. The number of hydrogen-bond donors (Lipinski definition) is 1. The van der Waals surface area contributed by atoms with Gasteiger partial charge in [0.05, 0.1) is 18.4 Å². The summed E-state index contributed by atoms with van der Waals surface area (Å²) in [4.78, 5) is 13.8. The molecule has 1 saturated heterocycles. The number of nitrogens with zero attached hydrogens (tertiary/aromatic N) is 2. The lowest BCUT2D eigenvalue weighted by Gasteiger charge is -2.12. The topological polar surface area (TPSA) is 44.4 Å². The van der Waals surface area contributed by atoms with Gasteiger partial charge in [0.25, 0.3) is 5.91 Å². The van der Waals surface area contributed by atoms with Gasteiger partial charge in [-0.15, -0.1) is 0 Å². The van der Waals surface area contributed by atoms with Crippen LogP contribution in [-0.2, 0) is 17.8 Å². The van der Waals surface area contributed by atoms with Crippen molar-refractivity contribution in [3.8, 4) is 0 Å². The molecular formula is C11H17N2O2S+. The molecule has 0 bridgehead atoms. The summed E-state index contributed by atoms with van der Waals surface area (Å²) in [5, 5.41) is 11.9. The molecule has 1 amide bonds. The summed E-state index contributed by atoms with van der Waals surface area (Å²) in [5.74, 6) is 0.195. The molecule has 1 aliphatic rings. The largest absolute Gasteiger partial charge is 0.396 e. The van der Waals surface area contributed by atoms with Gasteiger partial charge < -0.3 is 10.0 Å². The van der Waals surface area contributed by atoms with Crippen molar-refractivity contribution < 1.29 is 14.5 Å². The highest BCUT2D eigenvalue weighted by atomic mass is 32.1. The van der Waals surface area contributed by atoms with Crippen LogP contribution in [0.2, 0.25) is 0 Å². The van der Waals surface area contributed by atoms with Crippen molar-refractivity contribution in [3.05, 3.63) is 16.6 Å². The summed E-state index contributed by atoms with van der Waals surface area (Å²) in [7, 11) is 0. The van der Waals surface area contributed by atoms with E-state index in [4.69, 9.17) is 5.11 Å². The third kappa shape index (κ3) is 2.59. The van der Waals surface area contributed by atoms with Crippen molar-refractivity contribution in [1.82, 2.24) is 4.90 Å². The zero-order valence-electron chi connectivity index (χ0n) is 9.26. The second-order valence-electron chi connectivity index (χ2n) is 3.99. The van der Waals surface area contributed by atoms with Crippen molar-refractivity contribution in [2.24, 2.45) is 0 Å². The van der Waals surface area contributed by atoms with E-state index in [2.05, 4.69) is 0 Å². The third-order valence-corrected chi connectivity index (χ3v) is 3.82. The zero-order valence-corrected chi connectivity index (χ0v) is 10.1. The number of thiazole rings is 1. The Morgan fingerprint density at radius 2 is 2.25 bits per heavy atom. The maximum absolute atomic E-state index is 11.9. The van der Waals surface area contributed by atoms with Gasteiger partial charge in [-0.1, -0.05) is 11.3 Å². The number of aliphatic hydroxyl groups is 1. The van der Waals surface area contributed by atoms with Crippen LogP contribution in [0.4, 0.5) is 0 Å². The highest BCUT2D eigenvalue weighted by Crippen LogP contribution is 2.08. The van der Waals surface area contributed by atoms with Crippen molar-refractivity contribution in [2.75, 3.05) is 19.7 Å². The molecule has 2 rings (SSSR count). The summed E-state index contributed by atoms with van der Waals surface area (Å²) < 4.78 is 1.95. The van der Waals surface area contributed by atoms with E-state index < -0.39 is 0 Å². The predicted octanol–water partition coefficient (Wildman–Crippen LogP) is 0.193. The normalized spacial score (nSPS) is 15.7. The van der Waals surface area contributed by atoms with Crippen LogP contribution in [-0.4, -0.2) is 35.6 Å². The third-order valence-electron chi connectivity index (χ3n) is 2.86. The van der Waals surface area contributed by atoms with Crippen molar-refractivity contribution in [3.63, 3.8) is 0 Å². The van der Waals surface area contributed by atoms with Crippen LogP contribution in [0, 0.1) is 0 Å². The fraction of sp³-hybridized carbons (Fsp3) is 0.636. The molecule has 5 heteroatoms. The van der Waals surface area contributed by atoms with Gasteiger partial charge in [0, 0.05) is 13.1 Å². The minimum Gasteiger partial charge on any atom is -0.396 e. The fourth-order valence-electron chi connectivity index (χ4n) is 1.98. The van der Waals surface area contributed by atoms with E-state index in [-0.39, 0.29) is 12.5 Å². The Morgan fingerprint density at radius 3 is 2.94 bits per heavy atom. The van der Waals surface area contributed by atoms with E-state index in [0.717, 1.165) is 30.9 Å². The molecule has 1 aliphatic heterocycles. The first kappa shape index (κ1) is 11.5. The van der Waals surface area contributed by atoms with Gasteiger partial charge in [-0.3, -0.25) is 4.79 Å². The number of carbonyl (C=O) groups is 1. The maximum atomic E-state index is 11.9. The molecule has 0 radical (unpaired) electrons. The minimum absolute atomic E-state index is 0.137. The molecule has 1 N–H and O–H groups in total. The molecule has 0 saturated carbocycles. The van der Waals surface area contributed by atoms with Gasteiger partial charge in [0.2, 0.25) is 11.6 Å². The smallest absolute Gasteiger partial charge is 0.288 e. The van der Waals surface area contributed by atoms with Gasteiger partial charge in [-0.2, -0.15) is 4.57 Å². The average Bonchev–Trinajstić information content (AvgIpc) is 2.90. The highest BCUT2D eigenvalue weighted by Gasteiger charge is 2.23. The highest BCUT2D eigenvalue weighted by molar-refractivity contribution is 7.09. The lowest BCUT2D eigenvalue weighted by Crippen LogP contribution is -2.45. The Hall–Kier alpha value is -0.940. The van der Waals surface area contributed by atoms with Gasteiger partial charge in [0.1, 0.15) is 0 Å². The number of carbonyl (C=O) groups excluding carboxylic acids is 1. The fourth-order valence-corrected chi connectivity index (χ4v) is 2.82. The first-order chi connectivity index (χ1) is 7.81. The molecule has 2 heterocycles. The summed E-state index contributed by atoms with van der Waals surface area (Å²) in [6.07, 6.45) is 4.81. The molecule has 0 aliphatic carbocycles. The molecule has 88 valence electrons. The van der Waals surface area contributed by atoms with E-state index >= 15 is 0 Å². The van der Waals surface area contributed by atoms with E-state index in [0.29, 0.717) is 13.0 Å². The minimum atomic E-state index is 0.137. The van der Waals surface area contributed by atoms with Crippen LogP contribution in [0.15, 0.2) is 11.6 Å². The first-order valence-electron chi connectivity index (χ1n) is 5.65. The number of hydrogen-bond acceptors (Lipinski definition) is 3. The molecule has 16 heavy (non-hydrogen) atoms. The van der Waals surface area contributed by atoms with E-state index in [1.807, 2.05) is 21.0 Å². The monoisotopic (exact) mass is 241 g/mol. The second-order valence-corrected chi connectivity index (χ2v) is 4.97. The lowest BCUT2D eigenvalue weighted by molar-refractivity contribution is -0.687. The van der Waals surface area contributed by atoms with E-state index in [9.17, 15) is 4.79 Å². The van der Waals surface area contributed by atoms with Crippen molar-refractivity contribution >= 4 is 17.2 Å². The van der Waals surface area contributed by atoms with Crippen molar-refractivity contribution in [2.45, 2.75) is 25.8 Å². The SMILES string of the molecule is O=C(C[n+]1ccsc1CCO)N1CCCC1. The number of aromatic nitrogens is 1. The van der Waals surface area contributed by atoms with Gasteiger partial charge >= 0.3 is 0 Å². The number of aliphatic hydroxyl groups excluding tert-OH is 1. The summed E-state index contributed by atoms with van der Waals surface area (Å²) >= 11 is 1.59. The van der Waals surface area contributed by atoms with Crippen LogP contribution in [0.1, 0.15) is 17.8 Å². The number of likely N-dealkylation sites (tertiary alicyclic amines) is 1. The van der Waals surface area contributed by atoms with Crippen LogP contribution >= 0.6 is 11.3 Å². The molecule has 1 fully saturated rings. The lowest BCUT2D eigenvalue weighted by atomic mass is 10.4. The molecule has 0 unspecified atom stereocenters. The Bertz CT molecular complexity index is 359. The Kier molecular flexibility index (Phi) is 3.90. The summed E-state index contributed by atoms with van der Waals surface area (Å²) in [5.41, 5.74) is 0. The Balaban J connectivity index is 1.96. The van der Waals surface area contributed by atoms with Crippen LogP contribution < -0.4 is 4.57 Å². The standard InChI is InChI=1S/C11H17N2O2S/c14-7-3-11-13(6-8-16-11)9-10(15)12-4-1-2-5-12/h6,8,14H,1-5,7,9H2/q+1. The van der Waals surface area contributed by atoms with E-state index in [1.165, 1.54) is 0 Å². The number of amides is 1. The molecular weight excluding hydrogens is 224 g/mol. The van der Waals surface area contributed by atoms with Gasteiger partial charge in [-0.25, -0.2) is 0 Å². The molecule has 1 aromatic heterocycles. The summed E-state index contributed by atoms with van der Waals surface area (Å²) in [6, 6.07) is 0. The molecule has 0 aromatic carbocycles. The van der Waals surface area contributed by atoms with Gasteiger partial charge in [-0.05, 0) is 12.8 Å². The van der Waals surface area contributed by atoms with E-state index in [1.54, 1.807) is 11.3 Å².